The van der Waals surface area contributed by atoms with Gasteiger partial charge in [-0.3, -0.25) is 29.0 Å². The monoisotopic (exact) mass is 640 g/mol. The van der Waals surface area contributed by atoms with Gasteiger partial charge < -0.3 is 30.9 Å². The topological polar surface area (TPSA) is 176 Å². The molecule has 0 bridgehead atoms. The zero-order chi connectivity index (χ0) is 34.6. The maximum Gasteiger partial charge on any atom is 0.408 e. The average Bonchev–Trinajstić information content (AvgIpc) is 3.27. The third-order valence-corrected chi connectivity index (χ3v) is 8.40. The van der Waals surface area contributed by atoms with Crippen LogP contribution in [0.3, 0.4) is 0 Å². The molecule has 5 amide bonds. The van der Waals surface area contributed by atoms with Crippen molar-refractivity contribution in [3.05, 3.63) is 42.7 Å². The summed E-state index contributed by atoms with van der Waals surface area (Å²) >= 11 is 0. The molecule has 1 aromatic rings. The molecule has 1 saturated heterocycles. The molecule has 1 aliphatic carbocycles. The molecule has 4 N–H and O–H groups in total. The van der Waals surface area contributed by atoms with Crippen LogP contribution in [0.2, 0.25) is 0 Å². The third-order valence-electron chi connectivity index (χ3n) is 8.40. The fourth-order valence-electron chi connectivity index (χ4n) is 5.87. The summed E-state index contributed by atoms with van der Waals surface area (Å²) in [6, 6.07) is 2.05. The van der Waals surface area contributed by atoms with Crippen molar-refractivity contribution >= 4 is 35.5 Å². The summed E-state index contributed by atoms with van der Waals surface area (Å²) in [7, 11) is 0. The van der Waals surface area contributed by atoms with Crippen LogP contribution in [0, 0.1) is 22.7 Å². The van der Waals surface area contributed by atoms with Crippen LogP contribution in [0.1, 0.15) is 67.5 Å². The van der Waals surface area contributed by atoms with Gasteiger partial charge in [0.15, 0.2) is 0 Å². The van der Waals surface area contributed by atoms with Gasteiger partial charge in [-0.15, -0.1) is 6.58 Å². The number of likely N-dealkylation sites (tertiary alicyclic amines) is 1. The molecule has 0 aromatic carbocycles. The van der Waals surface area contributed by atoms with Crippen LogP contribution >= 0.6 is 0 Å². The first kappa shape index (κ1) is 36.2. The van der Waals surface area contributed by atoms with E-state index in [4.69, 9.17) is 4.74 Å². The molecular formula is C33H48N6O7. The van der Waals surface area contributed by atoms with Gasteiger partial charge in [0.25, 0.3) is 5.91 Å². The number of nitrogens with zero attached hydrogens (tertiary/aromatic N) is 2. The summed E-state index contributed by atoms with van der Waals surface area (Å²) in [5.41, 5.74) is -1.10. The molecule has 2 heterocycles. The molecule has 2 aliphatic rings. The number of aromatic nitrogens is 1. The van der Waals surface area contributed by atoms with E-state index in [1.54, 1.807) is 65.9 Å². The fourth-order valence-corrected chi connectivity index (χ4v) is 5.87. The highest BCUT2D eigenvalue weighted by Crippen LogP contribution is 2.65. The largest absolute Gasteiger partial charge is 0.444 e. The maximum absolute atomic E-state index is 14.0. The van der Waals surface area contributed by atoms with Crippen molar-refractivity contribution in [1.82, 2.24) is 31.2 Å². The Morgan fingerprint density at radius 3 is 2.30 bits per heavy atom. The van der Waals surface area contributed by atoms with Gasteiger partial charge in [-0.05, 0) is 62.0 Å². The van der Waals surface area contributed by atoms with Crippen LogP contribution in [0.15, 0.2) is 37.1 Å². The Labute approximate surface area is 270 Å². The van der Waals surface area contributed by atoms with Crippen molar-refractivity contribution in [3.8, 4) is 0 Å². The third kappa shape index (κ3) is 8.91. The number of ether oxygens (including phenoxy) is 1. The van der Waals surface area contributed by atoms with Gasteiger partial charge in [-0.25, -0.2) is 4.79 Å². The Hall–Kier alpha value is -4.29. The number of pyridine rings is 1. The minimum atomic E-state index is -1.27. The summed E-state index contributed by atoms with van der Waals surface area (Å²) in [6.45, 7) is 18.2. The van der Waals surface area contributed by atoms with Gasteiger partial charge >= 0.3 is 6.09 Å². The number of Topliss-reactive ketones (excluding diaryl/α,β-unsaturated/α-hetero) is 1. The first-order valence-corrected chi connectivity index (χ1v) is 15.5. The van der Waals surface area contributed by atoms with Gasteiger partial charge in [-0.2, -0.15) is 0 Å². The molecule has 1 unspecified atom stereocenters. The Morgan fingerprint density at radius 1 is 1.07 bits per heavy atom. The molecule has 13 heteroatoms. The second kappa shape index (κ2) is 14.0. The van der Waals surface area contributed by atoms with Gasteiger partial charge in [0.05, 0.1) is 18.8 Å². The summed E-state index contributed by atoms with van der Waals surface area (Å²) in [5.74, 6) is -3.69. The number of nitrogens with one attached hydrogen (secondary N) is 4. The van der Waals surface area contributed by atoms with E-state index in [9.17, 15) is 28.8 Å². The van der Waals surface area contributed by atoms with Crippen LogP contribution in [0.5, 0.6) is 0 Å². The number of fused-ring (bicyclic) bond motifs is 1. The molecule has 5 atom stereocenters. The van der Waals surface area contributed by atoms with Crippen molar-refractivity contribution in [1.29, 1.82) is 0 Å². The van der Waals surface area contributed by atoms with E-state index in [1.165, 1.54) is 11.0 Å². The molecule has 1 aliphatic heterocycles. The van der Waals surface area contributed by atoms with Crippen LogP contribution < -0.4 is 21.3 Å². The van der Waals surface area contributed by atoms with E-state index >= 15 is 0 Å². The zero-order valence-electron chi connectivity index (χ0n) is 28.1. The highest BCUT2D eigenvalue weighted by atomic mass is 16.6. The molecule has 252 valence electrons. The number of ketones is 1. The van der Waals surface area contributed by atoms with E-state index in [0.717, 1.165) is 0 Å². The second-order valence-corrected chi connectivity index (χ2v) is 14.6. The lowest BCUT2D eigenvalue weighted by molar-refractivity contribution is -0.145. The van der Waals surface area contributed by atoms with Crippen molar-refractivity contribution in [2.24, 2.45) is 22.7 Å². The van der Waals surface area contributed by atoms with Crippen molar-refractivity contribution in [2.75, 3.05) is 13.1 Å². The van der Waals surface area contributed by atoms with Crippen molar-refractivity contribution < 1.29 is 33.5 Å². The molecule has 13 nitrogen and oxygen atoms in total. The summed E-state index contributed by atoms with van der Waals surface area (Å²) in [6.07, 6.45) is 2.19. The normalized spacial score (nSPS) is 21.1. The SMILES string of the molecule is C=CCC(NC(=O)[C@@H]1[C@@H]2[C@H](CN1C(=O)[C@@H](NC(=O)OC(C)(C)C)C(C)(C)C)C2(C)C)C(=O)C(=O)NCC(=O)NCc1ccccn1. The molecule has 0 radical (unpaired) electrons. The van der Waals surface area contributed by atoms with Crippen LogP contribution in [0.4, 0.5) is 4.79 Å². The lowest BCUT2D eigenvalue weighted by Crippen LogP contribution is -2.60. The molecule has 46 heavy (non-hydrogen) atoms. The summed E-state index contributed by atoms with van der Waals surface area (Å²) < 4.78 is 5.40. The van der Waals surface area contributed by atoms with E-state index in [2.05, 4.69) is 32.8 Å². The zero-order valence-corrected chi connectivity index (χ0v) is 28.1. The van der Waals surface area contributed by atoms with Gasteiger partial charge in [0.1, 0.15) is 23.7 Å². The Bertz CT molecular complexity index is 1350. The van der Waals surface area contributed by atoms with Crippen molar-refractivity contribution in [3.63, 3.8) is 0 Å². The highest BCUT2D eigenvalue weighted by Gasteiger charge is 2.70. The molecule has 0 spiro atoms. The lowest BCUT2D eigenvalue weighted by atomic mass is 9.85. The molecule has 1 saturated carbocycles. The fraction of sp³-hybridized carbons (Fsp3) is 0.606. The van der Waals surface area contributed by atoms with E-state index in [0.29, 0.717) is 12.2 Å². The Kier molecular flexibility index (Phi) is 11.0. The number of hydrogen-bond donors (Lipinski definition) is 4. The smallest absolute Gasteiger partial charge is 0.408 e. The predicted molar refractivity (Wildman–Crippen MR) is 170 cm³/mol. The van der Waals surface area contributed by atoms with E-state index < -0.39 is 71.2 Å². The molecule has 1 aromatic heterocycles. The number of carbonyl (C=O) groups excluding carboxylic acids is 6. The minimum Gasteiger partial charge on any atom is -0.444 e. The number of hydrogen-bond acceptors (Lipinski definition) is 8. The van der Waals surface area contributed by atoms with Crippen molar-refractivity contribution in [2.45, 2.75) is 92.1 Å². The number of amides is 5. The van der Waals surface area contributed by atoms with Gasteiger partial charge in [0, 0.05) is 12.7 Å². The molecular weight excluding hydrogens is 592 g/mol. The predicted octanol–water partition coefficient (Wildman–Crippen LogP) is 1.87. The van der Waals surface area contributed by atoms with Crippen LogP contribution in [-0.2, 0) is 35.3 Å². The minimum absolute atomic E-state index is 0.0378. The summed E-state index contributed by atoms with van der Waals surface area (Å²) in [4.78, 5) is 84.2. The standard InChI is InChI=1S/C33H48N6O7/c1-10-13-21(25(41)28(43)36-17-22(40)35-16-19-14-11-12-15-34-19)37-27(42)24-23-20(33(23,8)9)18-39(24)29(44)26(31(2,3)4)38-30(45)46-32(5,6)7/h10-12,14-15,20-21,23-24,26H,1,13,16-18H2,2-9H3,(H,35,40)(H,36,43)(H,37,42)(H,38,45)/t20-,21?,23-,24-,26+/m0/s1. The highest BCUT2D eigenvalue weighted by molar-refractivity contribution is 6.38. The Balaban J connectivity index is 1.70. The number of piperidine rings is 1. The quantitative estimate of drug-likeness (QED) is 0.198. The maximum atomic E-state index is 14.0. The molecule has 2 fully saturated rings. The Morgan fingerprint density at radius 2 is 1.74 bits per heavy atom. The number of carbonyl (C=O) groups is 6. The molecule has 3 rings (SSSR count). The number of alkyl carbamates (subject to hydrolysis) is 1. The lowest BCUT2D eigenvalue weighted by Gasteiger charge is -2.38. The van der Waals surface area contributed by atoms with E-state index in [1.807, 2.05) is 13.8 Å². The van der Waals surface area contributed by atoms with E-state index in [-0.39, 0.29) is 30.2 Å². The second-order valence-electron chi connectivity index (χ2n) is 14.6. The van der Waals surface area contributed by atoms with Crippen LogP contribution in [0.25, 0.3) is 0 Å². The first-order chi connectivity index (χ1) is 21.3. The van der Waals surface area contributed by atoms with Gasteiger partial charge in [0.2, 0.25) is 23.5 Å². The summed E-state index contributed by atoms with van der Waals surface area (Å²) in [5, 5.41) is 10.3. The number of rotatable bonds is 12. The first-order valence-electron chi connectivity index (χ1n) is 15.5. The van der Waals surface area contributed by atoms with Crippen LogP contribution in [-0.4, -0.2) is 82.2 Å². The van der Waals surface area contributed by atoms with Gasteiger partial charge in [-0.1, -0.05) is 46.8 Å². The average molecular weight is 641 g/mol.